The summed E-state index contributed by atoms with van der Waals surface area (Å²) in [5, 5.41) is 0.598. The Hall–Kier alpha value is -0.160. The van der Waals surface area contributed by atoms with E-state index in [0.29, 0.717) is 5.15 Å². The average molecular weight is 293 g/mol. The van der Waals surface area contributed by atoms with Crippen LogP contribution >= 0.6 is 34.2 Å². The van der Waals surface area contributed by atoms with Crippen molar-refractivity contribution in [2.24, 2.45) is 0 Å². The van der Waals surface area contributed by atoms with Crippen LogP contribution in [0.25, 0.3) is 3.58 Å². The zero-order valence-electron chi connectivity index (χ0n) is 6.43. The molecule has 1 aromatic rings. The lowest BCUT2D eigenvalue weighted by Crippen LogP contribution is -1.96. The number of aromatic nitrogens is 2. The Morgan fingerprint density at radius 3 is 3.00 bits per heavy atom. The predicted octanol–water partition coefficient (Wildman–Crippen LogP) is 2.77. The molecule has 0 radical (unpaired) electrons. The molecule has 0 saturated heterocycles. The van der Waals surface area contributed by atoms with Gasteiger partial charge in [0.1, 0.15) is 11.0 Å². The molecule has 0 unspecified atom stereocenters. The summed E-state index contributed by atoms with van der Waals surface area (Å²) in [5.74, 6) is 0.739. The van der Waals surface area contributed by atoms with E-state index in [4.69, 9.17) is 11.6 Å². The number of nitrogens with zero attached hydrogens (tertiary/aromatic N) is 2. The first-order valence-electron chi connectivity index (χ1n) is 3.57. The van der Waals surface area contributed by atoms with E-state index < -0.39 is 0 Å². The molecule has 2 nitrogen and oxygen atoms in total. The van der Waals surface area contributed by atoms with Gasteiger partial charge >= 0.3 is 0 Å². The number of rotatable bonds is 0. The standard InChI is InChI=1S/C8H6ClIN2/c1-4-11-7-5(8(9)12-4)2-3-6(7)10/h3H,2H2,1H3. The van der Waals surface area contributed by atoms with Gasteiger partial charge in [-0.2, -0.15) is 0 Å². The van der Waals surface area contributed by atoms with Gasteiger partial charge in [0.25, 0.3) is 0 Å². The summed E-state index contributed by atoms with van der Waals surface area (Å²) in [4.78, 5) is 8.42. The van der Waals surface area contributed by atoms with Crippen LogP contribution in [-0.4, -0.2) is 9.97 Å². The molecular formula is C8H6ClIN2. The lowest BCUT2D eigenvalue weighted by Gasteiger charge is -2.02. The normalized spacial score (nSPS) is 14.4. The summed E-state index contributed by atoms with van der Waals surface area (Å²) >= 11 is 8.22. The molecule has 0 amide bonds. The predicted molar refractivity (Wildman–Crippen MR) is 57.5 cm³/mol. The van der Waals surface area contributed by atoms with Gasteiger partial charge in [-0.25, -0.2) is 9.97 Å². The minimum atomic E-state index is 0.598. The second-order valence-electron chi connectivity index (χ2n) is 2.64. The Labute approximate surface area is 89.2 Å². The fraction of sp³-hybridized carbons (Fsp3) is 0.250. The van der Waals surface area contributed by atoms with Crippen molar-refractivity contribution in [3.8, 4) is 0 Å². The Bertz CT molecular complexity index is 374. The highest BCUT2D eigenvalue weighted by Crippen LogP contribution is 2.33. The van der Waals surface area contributed by atoms with Crippen LogP contribution in [0, 0.1) is 6.92 Å². The molecule has 0 aromatic carbocycles. The van der Waals surface area contributed by atoms with E-state index in [2.05, 4.69) is 38.6 Å². The monoisotopic (exact) mass is 292 g/mol. The van der Waals surface area contributed by atoms with E-state index in [9.17, 15) is 0 Å². The van der Waals surface area contributed by atoms with Gasteiger partial charge in [-0.15, -0.1) is 0 Å². The molecule has 4 heteroatoms. The second-order valence-corrected chi connectivity index (χ2v) is 4.17. The van der Waals surface area contributed by atoms with E-state index in [1.54, 1.807) is 0 Å². The molecule has 0 aliphatic heterocycles. The van der Waals surface area contributed by atoms with E-state index in [1.165, 1.54) is 3.58 Å². The molecule has 0 fully saturated rings. The maximum Gasteiger partial charge on any atom is 0.136 e. The molecule has 0 N–H and O–H groups in total. The number of allylic oxidation sites excluding steroid dienone is 1. The van der Waals surface area contributed by atoms with Gasteiger partial charge in [-0.3, -0.25) is 0 Å². The fourth-order valence-corrected chi connectivity index (χ4v) is 2.18. The van der Waals surface area contributed by atoms with Crippen molar-refractivity contribution in [1.29, 1.82) is 0 Å². The number of halogens is 2. The van der Waals surface area contributed by atoms with Crippen molar-refractivity contribution in [3.05, 3.63) is 28.3 Å². The highest BCUT2D eigenvalue weighted by molar-refractivity contribution is 14.1. The third kappa shape index (κ3) is 1.25. The quantitative estimate of drug-likeness (QED) is 0.543. The lowest BCUT2D eigenvalue weighted by molar-refractivity contribution is 1.01. The molecule has 12 heavy (non-hydrogen) atoms. The third-order valence-electron chi connectivity index (χ3n) is 1.78. The van der Waals surface area contributed by atoms with Crippen LogP contribution < -0.4 is 0 Å². The molecule has 62 valence electrons. The minimum absolute atomic E-state index is 0.598. The molecule has 0 bridgehead atoms. The van der Waals surface area contributed by atoms with Gasteiger partial charge in [-0.1, -0.05) is 17.7 Å². The van der Waals surface area contributed by atoms with Gasteiger partial charge in [0, 0.05) is 9.14 Å². The topological polar surface area (TPSA) is 25.8 Å². The number of hydrogen-bond donors (Lipinski definition) is 0. The Balaban J connectivity index is 2.67. The highest BCUT2D eigenvalue weighted by atomic mass is 127. The first-order valence-corrected chi connectivity index (χ1v) is 5.03. The molecule has 1 aliphatic carbocycles. The van der Waals surface area contributed by atoms with Crippen LogP contribution in [-0.2, 0) is 6.42 Å². The number of hydrogen-bond acceptors (Lipinski definition) is 2. The average Bonchev–Trinajstić information content (AvgIpc) is 2.33. The zero-order valence-corrected chi connectivity index (χ0v) is 9.35. The zero-order chi connectivity index (χ0) is 8.72. The van der Waals surface area contributed by atoms with Crippen molar-refractivity contribution < 1.29 is 0 Å². The summed E-state index contributed by atoms with van der Waals surface area (Å²) in [5.41, 5.74) is 2.07. The first-order chi connectivity index (χ1) is 5.68. The van der Waals surface area contributed by atoms with Crippen LogP contribution in [0.5, 0.6) is 0 Å². The molecule has 0 saturated carbocycles. The summed E-state index contributed by atoms with van der Waals surface area (Å²) in [6.07, 6.45) is 2.98. The molecule has 2 rings (SSSR count). The first kappa shape index (κ1) is 8.44. The van der Waals surface area contributed by atoms with Crippen LogP contribution in [0.1, 0.15) is 17.1 Å². The highest BCUT2D eigenvalue weighted by Gasteiger charge is 2.17. The van der Waals surface area contributed by atoms with Crippen LogP contribution in [0.2, 0.25) is 5.15 Å². The SMILES string of the molecule is Cc1nc(Cl)c2c(n1)C(I)=CC2. The van der Waals surface area contributed by atoms with Gasteiger partial charge < -0.3 is 0 Å². The third-order valence-corrected chi connectivity index (χ3v) is 3.04. The molecule has 0 spiro atoms. The summed E-state index contributed by atoms with van der Waals surface area (Å²) in [6, 6.07) is 0. The lowest BCUT2D eigenvalue weighted by atomic mass is 10.2. The molecule has 1 heterocycles. The van der Waals surface area contributed by atoms with E-state index in [1.807, 2.05) is 6.92 Å². The van der Waals surface area contributed by atoms with Crippen molar-refractivity contribution >= 4 is 37.8 Å². The fourth-order valence-electron chi connectivity index (χ4n) is 1.23. The molecular weight excluding hydrogens is 286 g/mol. The maximum atomic E-state index is 5.95. The Kier molecular flexibility index (Phi) is 2.08. The molecule has 0 atom stereocenters. The molecule has 1 aromatic heterocycles. The van der Waals surface area contributed by atoms with Crippen LogP contribution in [0.15, 0.2) is 6.08 Å². The van der Waals surface area contributed by atoms with Crippen LogP contribution in [0.3, 0.4) is 0 Å². The van der Waals surface area contributed by atoms with Crippen LogP contribution in [0.4, 0.5) is 0 Å². The number of fused-ring (bicyclic) bond motifs is 1. The number of aryl methyl sites for hydroxylation is 1. The van der Waals surface area contributed by atoms with Crippen molar-refractivity contribution in [2.45, 2.75) is 13.3 Å². The maximum absolute atomic E-state index is 5.95. The van der Waals surface area contributed by atoms with Crippen molar-refractivity contribution in [3.63, 3.8) is 0 Å². The van der Waals surface area contributed by atoms with Crippen molar-refractivity contribution in [2.75, 3.05) is 0 Å². The minimum Gasteiger partial charge on any atom is -0.232 e. The summed E-state index contributed by atoms with van der Waals surface area (Å²) < 4.78 is 1.18. The largest absolute Gasteiger partial charge is 0.232 e. The van der Waals surface area contributed by atoms with E-state index in [-0.39, 0.29) is 0 Å². The Morgan fingerprint density at radius 1 is 1.50 bits per heavy atom. The molecule has 1 aliphatic rings. The Morgan fingerprint density at radius 2 is 2.25 bits per heavy atom. The van der Waals surface area contributed by atoms with Crippen molar-refractivity contribution in [1.82, 2.24) is 9.97 Å². The van der Waals surface area contributed by atoms with Gasteiger partial charge in [-0.05, 0) is 35.9 Å². The summed E-state index contributed by atoms with van der Waals surface area (Å²) in [7, 11) is 0. The van der Waals surface area contributed by atoms with Gasteiger partial charge in [0.15, 0.2) is 0 Å². The van der Waals surface area contributed by atoms with Gasteiger partial charge in [0.2, 0.25) is 0 Å². The van der Waals surface area contributed by atoms with E-state index in [0.717, 1.165) is 23.5 Å². The summed E-state index contributed by atoms with van der Waals surface area (Å²) in [6.45, 7) is 1.86. The smallest absolute Gasteiger partial charge is 0.136 e. The van der Waals surface area contributed by atoms with Gasteiger partial charge in [0.05, 0.1) is 5.69 Å². The van der Waals surface area contributed by atoms with E-state index >= 15 is 0 Å². The second kappa shape index (κ2) is 2.96.